The van der Waals surface area contributed by atoms with Crippen molar-refractivity contribution < 1.29 is 0 Å². The van der Waals surface area contributed by atoms with E-state index >= 15 is 0 Å². The molecule has 0 spiro atoms. The van der Waals surface area contributed by atoms with Gasteiger partial charge < -0.3 is 9.13 Å². The fraction of sp³-hybridized carbons (Fsp3) is 0.462. The molecule has 1 aromatic carbocycles. The number of aryl methyl sites for hydroxylation is 3. The van der Waals surface area contributed by atoms with Gasteiger partial charge in [-0.3, -0.25) is 4.99 Å². The highest BCUT2D eigenvalue weighted by Gasteiger charge is 2.05. The molecule has 0 saturated heterocycles. The average Bonchev–Trinajstić information content (AvgIpc) is 2.52. The van der Waals surface area contributed by atoms with Gasteiger partial charge in [0.25, 0.3) is 0 Å². The maximum Gasteiger partial charge on any atom is 0.205 e. The highest BCUT2D eigenvalue weighted by Crippen LogP contribution is 2.15. The molecule has 2 aromatic rings. The van der Waals surface area contributed by atoms with E-state index in [-0.39, 0.29) is 0 Å². The van der Waals surface area contributed by atoms with Gasteiger partial charge in [0, 0.05) is 21.1 Å². The van der Waals surface area contributed by atoms with Gasteiger partial charge in [-0.15, -0.1) is 0 Å². The van der Waals surface area contributed by atoms with Gasteiger partial charge in [0.05, 0.1) is 11.0 Å². The van der Waals surface area contributed by atoms with Gasteiger partial charge in [-0.05, 0) is 24.1 Å². The third-order valence-corrected chi connectivity index (χ3v) is 3.10. The number of nitrogens with zero attached hydrogens (tertiary/aromatic N) is 3. The van der Waals surface area contributed by atoms with Crippen LogP contribution in [0.3, 0.4) is 0 Å². The van der Waals surface area contributed by atoms with Gasteiger partial charge >= 0.3 is 0 Å². The Morgan fingerprint density at radius 2 is 1.81 bits per heavy atom. The SMILES string of the molecule is CCCc1ccc2c(c1)n(C)c(=NC)n2C. The molecule has 2 rings (SSSR count). The Morgan fingerprint density at radius 1 is 1.12 bits per heavy atom. The molecule has 0 N–H and O–H groups in total. The molecule has 0 atom stereocenters. The summed E-state index contributed by atoms with van der Waals surface area (Å²) in [7, 11) is 5.96. The highest BCUT2D eigenvalue weighted by molar-refractivity contribution is 5.76. The lowest BCUT2D eigenvalue weighted by Gasteiger charge is -2.00. The Bertz CT molecular complexity index is 573. The van der Waals surface area contributed by atoms with Crippen molar-refractivity contribution in [2.45, 2.75) is 19.8 Å². The second-order valence-electron chi connectivity index (χ2n) is 4.21. The molecule has 86 valence electrons. The van der Waals surface area contributed by atoms with Crippen molar-refractivity contribution in [1.82, 2.24) is 9.13 Å². The third kappa shape index (κ3) is 1.56. The van der Waals surface area contributed by atoms with E-state index in [1.54, 1.807) is 0 Å². The molecule has 0 saturated carbocycles. The summed E-state index contributed by atoms with van der Waals surface area (Å²) < 4.78 is 4.28. The van der Waals surface area contributed by atoms with Crippen LogP contribution < -0.4 is 5.62 Å². The summed E-state index contributed by atoms with van der Waals surface area (Å²) in [5.41, 5.74) is 4.90. The van der Waals surface area contributed by atoms with Crippen LogP contribution in [0.1, 0.15) is 18.9 Å². The van der Waals surface area contributed by atoms with Crippen LogP contribution in [0.4, 0.5) is 0 Å². The second kappa shape index (κ2) is 4.16. The van der Waals surface area contributed by atoms with E-state index < -0.39 is 0 Å². The Balaban J connectivity index is 2.75. The van der Waals surface area contributed by atoms with Crippen molar-refractivity contribution in [2.75, 3.05) is 7.05 Å². The van der Waals surface area contributed by atoms with Crippen LogP contribution >= 0.6 is 0 Å². The smallest absolute Gasteiger partial charge is 0.205 e. The number of imidazole rings is 1. The molecule has 0 aliphatic heterocycles. The number of rotatable bonds is 2. The minimum absolute atomic E-state index is 1.00. The number of hydrogen-bond donors (Lipinski definition) is 0. The summed E-state index contributed by atoms with van der Waals surface area (Å²) in [5.74, 6) is 0. The molecule has 16 heavy (non-hydrogen) atoms. The van der Waals surface area contributed by atoms with Crippen LogP contribution in [0.5, 0.6) is 0 Å². The van der Waals surface area contributed by atoms with Crippen molar-refractivity contribution in [2.24, 2.45) is 19.1 Å². The quantitative estimate of drug-likeness (QED) is 0.734. The summed E-state index contributed by atoms with van der Waals surface area (Å²) in [6.45, 7) is 2.21. The lowest BCUT2D eigenvalue weighted by atomic mass is 10.1. The molecule has 3 heteroatoms. The van der Waals surface area contributed by atoms with Crippen LogP contribution in [-0.2, 0) is 20.5 Å². The molecule has 0 aliphatic carbocycles. The first-order valence-electron chi connectivity index (χ1n) is 5.76. The Labute approximate surface area is 96.0 Å². The molecular formula is C13H19N3. The molecular weight excluding hydrogens is 198 g/mol. The van der Waals surface area contributed by atoms with E-state index in [4.69, 9.17) is 0 Å². The number of aromatic nitrogens is 2. The van der Waals surface area contributed by atoms with Crippen LogP contribution in [0, 0.1) is 0 Å². The van der Waals surface area contributed by atoms with E-state index in [1.807, 2.05) is 7.05 Å². The zero-order valence-corrected chi connectivity index (χ0v) is 10.5. The topological polar surface area (TPSA) is 22.2 Å². The predicted molar refractivity (Wildman–Crippen MR) is 67.4 cm³/mol. The van der Waals surface area contributed by atoms with E-state index in [9.17, 15) is 0 Å². The fourth-order valence-corrected chi connectivity index (χ4v) is 2.31. The van der Waals surface area contributed by atoms with Gasteiger partial charge in [-0.1, -0.05) is 19.4 Å². The molecule has 3 nitrogen and oxygen atoms in total. The Hall–Kier alpha value is -1.51. The summed E-state index contributed by atoms with van der Waals surface area (Å²) in [6.07, 6.45) is 2.33. The zero-order chi connectivity index (χ0) is 11.7. The first-order valence-corrected chi connectivity index (χ1v) is 5.76. The van der Waals surface area contributed by atoms with Gasteiger partial charge in [-0.2, -0.15) is 0 Å². The summed E-state index contributed by atoms with van der Waals surface area (Å²) in [5, 5.41) is 0. The molecule has 1 heterocycles. The Kier molecular flexibility index (Phi) is 2.86. The predicted octanol–water partition coefficient (Wildman–Crippen LogP) is 2.00. The van der Waals surface area contributed by atoms with Gasteiger partial charge in [0.2, 0.25) is 5.62 Å². The van der Waals surface area contributed by atoms with Gasteiger partial charge in [0.15, 0.2) is 0 Å². The summed E-state index contributed by atoms with van der Waals surface area (Å²) in [6, 6.07) is 6.67. The molecule has 1 aromatic heterocycles. The largest absolute Gasteiger partial charge is 0.313 e. The first kappa shape index (κ1) is 11.0. The van der Waals surface area contributed by atoms with Crippen LogP contribution in [-0.4, -0.2) is 16.2 Å². The van der Waals surface area contributed by atoms with E-state index in [0.717, 1.165) is 12.0 Å². The maximum atomic E-state index is 4.31. The standard InChI is InChI=1S/C13H19N3/c1-5-6-10-7-8-11-12(9-10)16(4)13(14-2)15(11)3/h7-9H,5-6H2,1-4H3. The number of fused-ring (bicyclic) bond motifs is 1. The van der Waals surface area contributed by atoms with Crippen molar-refractivity contribution in [3.05, 3.63) is 29.4 Å². The second-order valence-corrected chi connectivity index (χ2v) is 4.21. The number of hydrogen-bond acceptors (Lipinski definition) is 1. The molecule has 0 radical (unpaired) electrons. The average molecular weight is 217 g/mol. The van der Waals surface area contributed by atoms with Gasteiger partial charge in [-0.25, -0.2) is 0 Å². The molecule has 0 amide bonds. The zero-order valence-electron chi connectivity index (χ0n) is 10.5. The minimum atomic E-state index is 1.00. The fourth-order valence-electron chi connectivity index (χ4n) is 2.31. The Morgan fingerprint density at radius 3 is 2.44 bits per heavy atom. The maximum absolute atomic E-state index is 4.31. The highest BCUT2D eigenvalue weighted by atomic mass is 15.2. The first-order chi connectivity index (χ1) is 7.69. The van der Waals surface area contributed by atoms with Crippen molar-refractivity contribution in [1.29, 1.82) is 0 Å². The van der Waals surface area contributed by atoms with Crippen LogP contribution in [0.15, 0.2) is 23.2 Å². The van der Waals surface area contributed by atoms with Crippen molar-refractivity contribution >= 4 is 11.0 Å². The van der Waals surface area contributed by atoms with E-state index in [0.29, 0.717) is 0 Å². The molecule has 0 unspecified atom stereocenters. The van der Waals surface area contributed by atoms with Crippen molar-refractivity contribution in [3.63, 3.8) is 0 Å². The molecule has 0 fully saturated rings. The monoisotopic (exact) mass is 217 g/mol. The van der Waals surface area contributed by atoms with E-state index in [2.05, 4.69) is 53.3 Å². The van der Waals surface area contributed by atoms with E-state index in [1.165, 1.54) is 23.0 Å². The summed E-state index contributed by atoms with van der Waals surface area (Å²) in [4.78, 5) is 4.31. The van der Waals surface area contributed by atoms with Crippen LogP contribution in [0.2, 0.25) is 0 Å². The molecule has 0 bridgehead atoms. The lowest BCUT2D eigenvalue weighted by molar-refractivity contribution is 0.756. The molecule has 0 aliphatic rings. The lowest BCUT2D eigenvalue weighted by Crippen LogP contribution is -2.21. The summed E-state index contributed by atoms with van der Waals surface area (Å²) >= 11 is 0. The van der Waals surface area contributed by atoms with Gasteiger partial charge in [0.1, 0.15) is 0 Å². The third-order valence-electron chi connectivity index (χ3n) is 3.10. The van der Waals surface area contributed by atoms with Crippen molar-refractivity contribution in [3.8, 4) is 0 Å². The number of benzene rings is 1. The normalized spacial score (nSPS) is 12.6. The minimum Gasteiger partial charge on any atom is -0.313 e. The van der Waals surface area contributed by atoms with Crippen LogP contribution in [0.25, 0.3) is 11.0 Å².